The SMILES string of the molecule is Cn1c(=O)c2[nH]cnc2n(C2CC2)c1=O. The number of nitrogens with zero attached hydrogens (tertiary/aromatic N) is 3. The Morgan fingerprint density at radius 1 is 1.47 bits per heavy atom. The summed E-state index contributed by atoms with van der Waals surface area (Å²) in [6.45, 7) is 0. The first-order valence-electron chi connectivity index (χ1n) is 4.85. The predicted octanol–water partition coefficient (Wildman–Crippen LogP) is -0.242. The van der Waals surface area contributed by atoms with Crippen LogP contribution in [0, 0.1) is 0 Å². The van der Waals surface area contributed by atoms with E-state index in [0.29, 0.717) is 11.2 Å². The molecule has 6 heteroatoms. The third kappa shape index (κ3) is 1.01. The zero-order valence-electron chi connectivity index (χ0n) is 8.23. The average Bonchev–Trinajstić information content (AvgIpc) is 2.93. The summed E-state index contributed by atoms with van der Waals surface area (Å²) in [4.78, 5) is 30.4. The van der Waals surface area contributed by atoms with E-state index in [1.54, 1.807) is 4.57 Å². The maximum atomic E-state index is 11.9. The van der Waals surface area contributed by atoms with Crippen LogP contribution in [-0.4, -0.2) is 19.1 Å². The van der Waals surface area contributed by atoms with Crippen LogP contribution in [0.5, 0.6) is 0 Å². The predicted molar refractivity (Wildman–Crippen MR) is 53.9 cm³/mol. The minimum absolute atomic E-state index is 0.218. The maximum absolute atomic E-state index is 11.9. The molecule has 15 heavy (non-hydrogen) atoms. The van der Waals surface area contributed by atoms with Crippen LogP contribution < -0.4 is 11.2 Å². The first-order chi connectivity index (χ1) is 7.20. The van der Waals surface area contributed by atoms with Gasteiger partial charge in [0.05, 0.1) is 6.33 Å². The summed E-state index contributed by atoms with van der Waals surface area (Å²) < 4.78 is 2.73. The zero-order valence-corrected chi connectivity index (χ0v) is 8.23. The lowest BCUT2D eigenvalue weighted by atomic mass is 10.5. The molecule has 3 rings (SSSR count). The lowest BCUT2D eigenvalue weighted by molar-refractivity contribution is 0.640. The van der Waals surface area contributed by atoms with E-state index < -0.39 is 0 Å². The van der Waals surface area contributed by atoms with Gasteiger partial charge in [-0.3, -0.25) is 13.9 Å². The molecule has 1 saturated carbocycles. The monoisotopic (exact) mass is 206 g/mol. The molecule has 0 spiro atoms. The van der Waals surface area contributed by atoms with Gasteiger partial charge in [0, 0.05) is 13.1 Å². The summed E-state index contributed by atoms with van der Waals surface area (Å²) in [6, 6.07) is 0.218. The van der Waals surface area contributed by atoms with Gasteiger partial charge >= 0.3 is 5.69 Å². The lowest BCUT2D eigenvalue weighted by Crippen LogP contribution is -2.37. The Labute approximate surface area is 84.2 Å². The molecule has 0 radical (unpaired) electrons. The van der Waals surface area contributed by atoms with E-state index in [4.69, 9.17) is 0 Å². The van der Waals surface area contributed by atoms with E-state index in [1.807, 2.05) is 0 Å². The molecule has 2 aromatic heterocycles. The van der Waals surface area contributed by atoms with Crippen molar-refractivity contribution in [3.05, 3.63) is 27.2 Å². The summed E-state index contributed by atoms with van der Waals surface area (Å²) >= 11 is 0. The number of nitrogens with one attached hydrogen (secondary N) is 1. The van der Waals surface area contributed by atoms with Gasteiger partial charge in [-0.2, -0.15) is 0 Å². The molecular formula is C9H10N4O2. The summed E-state index contributed by atoms with van der Waals surface area (Å²) in [5.74, 6) is 0. The number of fused-ring (bicyclic) bond motifs is 1. The molecule has 0 amide bonds. The van der Waals surface area contributed by atoms with E-state index in [2.05, 4.69) is 9.97 Å². The lowest BCUT2D eigenvalue weighted by Gasteiger charge is -2.06. The standard InChI is InChI=1S/C9H10N4O2/c1-12-8(14)6-7(11-4-10-6)13(9(12)15)5-2-3-5/h4-5H,2-3H2,1H3,(H,10,11). The van der Waals surface area contributed by atoms with E-state index >= 15 is 0 Å². The third-order valence-corrected chi connectivity index (χ3v) is 2.77. The molecule has 2 aromatic rings. The van der Waals surface area contributed by atoms with Crippen molar-refractivity contribution in [3.63, 3.8) is 0 Å². The largest absolute Gasteiger partial charge is 0.339 e. The third-order valence-electron chi connectivity index (χ3n) is 2.77. The molecule has 0 bridgehead atoms. The number of rotatable bonds is 1. The van der Waals surface area contributed by atoms with E-state index in [1.165, 1.54) is 13.4 Å². The van der Waals surface area contributed by atoms with Crippen LogP contribution in [0.3, 0.4) is 0 Å². The molecule has 1 fully saturated rings. The van der Waals surface area contributed by atoms with Crippen molar-refractivity contribution in [2.45, 2.75) is 18.9 Å². The minimum Gasteiger partial charge on any atom is -0.339 e. The Hall–Kier alpha value is -1.85. The van der Waals surface area contributed by atoms with Gasteiger partial charge in [-0.25, -0.2) is 9.78 Å². The molecular weight excluding hydrogens is 196 g/mol. The van der Waals surface area contributed by atoms with Crippen molar-refractivity contribution in [1.29, 1.82) is 0 Å². The van der Waals surface area contributed by atoms with E-state index in [9.17, 15) is 9.59 Å². The van der Waals surface area contributed by atoms with Crippen molar-refractivity contribution in [1.82, 2.24) is 19.1 Å². The smallest absolute Gasteiger partial charge is 0.332 e. The van der Waals surface area contributed by atoms with Gasteiger partial charge in [-0.1, -0.05) is 0 Å². The summed E-state index contributed by atoms with van der Waals surface area (Å²) in [7, 11) is 1.49. The number of H-pyrrole nitrogens is 1. The number of hydrogen-bond acceptors (Lipinski definition) is 3. The van der Waals surface area contributed by atoms with Gasteiger partial charge in [0.25, 0.3) is 5.56 Å². The van der Waals surface area contributed by atoms with Gasteiger partial charge in [0.1, 0.15) is 5.52 Å². The molecule has 0 aromatic carbocycles. The highest BCUT2D eigenvalue weighted by atomic mass is 16.2. The van der Waals surface area contributed by atoms with Crippen LogP contribution in [0.2, 0.25) is 0 Å². The van der Waals surface area contributed by atoms with Crippen molar-refractivity contribution >= 4 is 11.2 Å². The molecule has 1 aliphatic rings. The number of aromatic nitrogens is 4. The van der Waals surface area contributed by atoms with Crippen LogP contribution in [0.25, 0.3) is 11.2 Å². The van der Waals surface area contributed by atoms with Gasteiger partial charge < -0.3 is 4.98 Å². The molecule has 2 heterocycles. The fraction of sp³-hybridized carbons (Fsp3) is 0.444. The van der Waals surface area contributed by atoms with Crippen molar-refractivity contribution in [2.75, 3.05) is 0 Å². The highest BCUT2D eigenvalue weighted by Gasteiger charge is 2.28. The fourth-order valence-corrected chi connectivity index (χ4v) is 1.80. The van der Waals surface area contributed by atoms with Crippen LogP contribution in [-0.2, 0) is 7.05 Å². The van der Waals surface area contributed by atoms with Gasteiger partial charge in [0.2, 0.25) is 0 Å². The number of imidazole rings is 1. The Balaban J connectivity index is 2.56. The fourth-order valence-electron chi connectivity index (χ4n) is 1.80. The van der Waals surface area contributed by atoms with Gasteiger partial charge in [-0.05, 0) is 12.8 Å². The van der Waals surface area contributed by atoms with Crippen LogP contribution >= 0.6 is 0 Å². The quantitative estimate of drug-likeness (QED) is 0.699. The molecule has 0 saturated heterocycles. The zero-order chi connectivity index (χ0) is 10.6. The molecule has 78 valence electrons. The Kier molecular flexibility index (Phi) is 1.46. The number of aromatic amines is 1. The first kappa shape index (κ1) is 8.46. The first-order valence-corrected chi connectivity index (χ1v) is 4.85. The molecule has 1 N–H and O–H groups in total. The van der Waals surface area contributed by atoms with Crippen molar-refractivity contribution < 1.29 is 0 Å². The highest BCUT2D eigenvalue weighted by Crippen LogP contribution is 2.34. The average molecular weight is 206 g/mol. The second-order valence-electron chi connectivity index (χ2n) is 3.85. The molecule has 0 aliphatic heterocycles. The second-order valence-corrected chi connectivity index (χ2v) is 3.85. The van der Waals surface area contributed by atoms with Crippen LogP contribution in [0.15, 0.2) is 15.9 Å². The van der Waals surface area contributed by atoms with E-state index in [-0.39, 0.29) is 17.3 Å². The summed E-state index contributed by atoms with van der Waals surface area (Å²) in [6.07, 6.45) is 3.42. The second kappa shape index (κ2) is 2.59. The molecule has 0 unspecified atom stereocenters. The maximum Gasteiger partial charge on any atom is 0.332 e. The molecule has 1 aliphatic carbocycles. The van der Waals surface area contributed by atoms with Crippen LogP contribution in [0.4, 0.5) is 0 Å². The molecule has 6 nitrogen and oxygen atoms in total. The summed E-state index contributed by atoms with van der Waals surface area (Å²) in [5.41, 5.74) is 0.293. The Bertz CT molecular complexity index is 644. The van der Waals surface area contributed by atoms with Crippen LogP contribution in [0.1, 0.15) is 18.9 Å². The normalized spacial score (nSPS) is 16.1. The highest BCUT2D eigenvalue weighted by molar-refractivity contribution is 5.69. The topological polar surface area (TPSA) is 72.7 Å². The number of hydrogen-bond donors (Lipinski definition) is 1. The minimum atomic E-state index is -0.315. The Morgan fingerprint density at radius 2 is 2.20 bits per heavy atom. The van der Waals surface area contributed by atoms with Gasteiger partial charge in [0.15, 0.2) is 5.65 Å². The Morgan fingerprint density at radius 3 is 2.87 bits per heavy atom. The summed E-state index contributed by atoms with van der Waals surface area (Å²) in [5, 5.41) is 0. The van der Waals surface area contributed by atoms with Crippen molar-refractivity contribution in [2.24, 2.45) is 7.05 Å². The van der Waals surface area contributed by atoms with Gasteiger partial charge in [-0.15, -0.1) is 0 Å². The van der Waals surface area contributed by atoms with Crippen molar-refractivity contribution in [3.8, 4) is 0 Å². The van der Waals surface area contributed by atoms with E-state index in [0.717, 1.165) is 17.4 Å². The molecule has 0 atom stereocenters.